The van der Waals surface area contributed by atoms with Crippen molar-refractivity contribution in [2.75, 3.05) is 6.54 Å². The maximum atomic E-state index is 11.0. The maximum absolute atomic E-state index is 11.0. The van der Waals surface area contributed by atoms with Crippen molar-refractivity contribution < 1.29 is 14.7 Å². The van der Waals surface area contributed by atoms with E-state index >= 15 is 0 Å². The molecule has 0 saturated carbocycles. The van der Waals surface area contributed by atoms with Crippen molar-refractivity contribution in [2.24, 2.45) is 5.92 Å². The van der Waals surface area contributed by atoms with Gasteiger partial charge < -0.3 is 10.4 Å². The molecule has 0 bridgehead atoms. The third-order valence-corrected chi connectivity index (χ3v) is 1.44. The number of aliphatic carboxylic acids is 1. The summed E-state index contributed by atoms with van der Waals surface area (Å²) in [6.07, 6.45) is 5.14. The Morgan fingerprint density at radius 3 is 2.62 bits per heavy atom. The molecule has 0 spiro atoms. The monoisotopic (exact) mass is 183 g/mol. The minimum Gasteiger partial charge on any atom is -0.481 e. The average molecular weight is 183 g/mol. The molecule has 0 aromatic heterocycles. The molecule has 1 amide bonds. The number of carboxylic acids is 1. The van der Waals surface area contributed by atoms with Gasteiger partial charge in [-0.05, 0) is 5.92 Å². The van der Waals surface area contributed by atoms with E-state index in [4.69, 9.17) is 11.5 Å². The SMILES string of the molecule is C#CCNC(=O)CC(C)CC(=O)O. The van der Waals surface area contributed by atoms with Gasteiger partial charge in [0, 0.05) is 12.8 Å². The molecule has 4 nitrogen and oxygen atoms in total. The summed E-state index contributed by atoms with van der Waals surface area (Å²) in [6, 6.07) is 0. The molecule has 13 heavy (non-hydrogen) atoms. The molecule has 1 unspecified atom stereocenters. The third-order valence-electron chi connectivity index (χ3n) is 1.44. The van der Waals surface area contributed by atoms with Crippen LogP contribution in [0.25, 0.3) is 0 Å². The molecule has 0 aromatic carbocycles. The van der Waals surface area contributed by atoms with Gasteiger partial charge in [-0.2, -0.15) is 0 Å². The molecule has 0 rings (SSSR count). The summed E-state index contributed by atoms with van der Waals surface area (Å²) in [4.78, 5) is 21.2. The van der Waals surface area contributed by atoms with Crippen LogP contribution in [0.5, 0.6) is 0 Å². The number of carbonyl (C=O) groups excluding carboxylic acids is 1. The van der Waals surface area contributed by atoms with Crippen LogP contribution in [0.4, 0.5) is 0 Å². The fourth-order valence-corrected chi connectivity index (χ4v) is 0.909. The molecule has 1 atom stereocenters. The molecule has 0 radical (unpaired) electrons. The van der Waals surface area contributed by atoms with Gasteiger partial charge in [0.1, 0.15) is 0 Å². The van der Waals surface area contributed by atoms with E-state index in [0.29, 0.717) is 0 Å². The highest BCUT2D eigenvalue weighted by atomic mass is 16.4. The molecule has 0 fully saturated rings. The number of rotatable bonds is 5. The van der Waals surface area contributed by atoms with Crippen LogP contribution < -0.4 is 5.32 Å². The molecular formula is C9H13NO3. The Morgan fingerprint density at radius 2 is 2.15 bits per heavy atom. The van der Waals surface area contributed by atoms with Gasteiger partial charge in [0.05, 0.1) is 6.54 Å². The first kappa shape index (κ1) is 11.5. The number of nitrogens with one attached hydrogen (secondary N) is 1. The van der Waals surface area contributed by atoms with E-state index in [0.717, 1.165) is 0 Å². The Hall–Kier alpha value is -1.50. The Labute approximate surface area is 77.3 Å². The van der Waals surface area contributed by atoms with Crippen LogP contribution in [0.15, 0.2) is 0 Å². The number of amides is 1. The van der Waals surface area contributed by atoms with Crippen LogP contribution >= 0.6 is 0 Å². The lowest BCUT2D eigenvalue weighted by molar-refractivity contribution is -0.138. The van der Waals surface area contributed by atoms with E-state index in [1.165, 1.54) is 0 Å². The number of terminal acetylenes is 1. The van der Waals surface area contributed by atoms with Gasteiger partial charge in [-0.25, -0.2) is 0 Å². The van der Waals surface area contributed by atoms with Crippen molar-refractivity contribution >= 4 is 11.9 Å². The fourth-order valence-electron chi connectivity index (χ4n) is 0.909. The van der Waals surface area contributed by atoms with E-state index < -0.39 is 5.97 Å². The van der Waals surface area contributed by atoms with Crippen molar-refractivity contribution in [1.29, 1.82) is 0 Å². The van der Waals surface area contributed by atoms with Gasteiger partial charge >= 0.3 is 5.97 Å². The van der Waals surface area contributed by atoms with Crippen molar-refractivity contribution in [3.05, 3.63) is 0 Å². The summed E-state index contributed by atoms with van der Waals surface area (Å²) in [6.45, 7) is 1.90. The molecule has 72 valence electrons. The summed E-state index contributed by atoms with van der Waals surface area (Å²) in [5.74, 6) is 1.01. The van der Waals surface area contributed by atoms with Crippen molar-refractivity contribution in [2.45, 2.75) is 19.8 Å². The predicted molar refractivity (Wildman–Crippen MR) is 47.9 cm³/mol. The third kappa shape index (κ3) is 6.88. The molecule has 4 heteroatoms. The molecule has 0 heterocycles. The number of carbonyl (C=O) groups is 2. The largest absolute Gasteiger partial charge is 0.481 e. The van der Waals surface area contributed by atoms with Crippen LogP contribution in [0.3, 0.4) is 0 Å². The zero-order chi connectivity index (χ0) is 10.3. The summed E-state index contributed by atoms with van der Waals surface area (Å²) in [5, 5.41) is 10.9. The van der Waals surface area contributed by atoms with E-state index in [2.05, 4.69) is 11.2 Å². The number of carboxylic acid groups (broad SMARTS) is 1. The van der Waals surface area contributed by atoms with Crippen molar-refractivity contribution in [1.82, 2.24) is 5.32 Å². The highest BCUT2D eigenvalue weighted by molar-refractivity contribution is 5.77. The van der Waals surface area contributed by atoms with E-state index in [9.17, 15) is 9.59 Å². The first-order valence-electron chi connectivity index (χ1n) is 3.98. The molecule has 0 saturated heterocycles. The molecule has 2 N–H and O–H groups in total. The van der Waals surface area contributed by atoms with E-state index in [-0.39, 0.29) is 31.2 Å². The maximum Gasteiger partial charge on any atom is 0.303 e. The topological polar surface area (TPSA) is 66.4 Å². The van der Waals surface area contributed by atoms with E-state index in [1.54, 1.807) is 6.92 Å². The second-order valence-corrected chi connectivity index (χ2v) is 2.89. The van der Waals surface area contributed by atoms with Gasteiger partial charge in [-0.1, -0.05) is 12.8 Å². The standard InChI is InChI=1S/C9H13NO3/c1-3-4-10-8(11)5-7(2)6-9(12)13/h1,7H,4-6H2,2H3,(H,10,11)(H,12,13). The summed E-state index contributed by atoms with van der Waals surface area (Å²) < 4.78 is 0. The van der Waals surface area contributed by atoms with Gasteiger partial charge in [-0.3, -0.25) is 9.59 Å². The zero-order valence-electron chi connectivity index (χ0n) is 7.54. The van der Waals surface area contributed by atoms with Crippen molar-refractivity contribution in [3.8, 4) is 12.3 Å². The summed E-state index contributed by atoms with van der Waals surface area (Å²) >= 11 is 0. The molecule has 0 aliphatic carbocycles. The van der Waals surface area contributed by atoms with Gasteiger partial charge in [0.15, 0.2) is 0 Å². The highest BCUT2D eigenvalue weighted by Crippen LogP contribution is 2.06. The fraction of sp³-hybridized carbons (Fsp3) is 0.556. The van der Waals surface area contributed by atoms with Crippen molar-refractivity contribution in [3.63, 3.8) is 0 Å². The normalized spacial score (nSPS) is 11.4. The average Bonchev–Trinajstić information content (AvgIpc) is 1.98. The quantitative estimate of drug-likeness (QED) is 0.600. The van der Waals surface area contributed by atoms with Crippen LogP contribution in [0.1, 0.15) is 19.8 Å². The minimum atomic E-state index is -0.891. The molecule has 0 aromatic rings. The summed E-state index contributed by atoms with van der Waals surface area (Å²) in [5.41, 5.74) is 0. The minimum absolute atomic E-state index is 0.00345. The second kappa shape index (κ2) is 6.06. The highest BCUT2D eigenvalue weighted by Gasteiger charge is 2.11. The molecule has 0 aliphatic heterocycles. The van der Waals surface area contributed by atoms with Crippen LogP contribution in [0.2, 0.25) is 0 Å². The van der Waals surface area contributed by atoms with E-state index in [1.807, 2.05) is 0 Å². The molecular weight excluding hydrogens is 170 g/mol. The smallest absolute Gasteiger partial charge is 0.303 e. The van der Waals surface area contributed by atoms with Gasteiger partial charge in [0.25, 0.3) is 0 Å². The first-order valence-corrected chi connectivity index (χ1v) is 3.98. The summed E-state index contributed by atoms with van der Waals surface area (Å²) in [7, 11) is 0. The lowest BCUT2D eigenvalue weighted by Crippen LogP contribution is -2.25. The van der Waals surface area contributed by atoms with Gasteiger partial charge in [0.2, 0.25) is 5.91 Å². The lowest BCUT2D eigenvalue weighted by atomic mass is 10.0. The lowest BCUT2D eigenvalue weighted by Gasteiger charge is -2.07. The molecule has 0 aliphatic rings. The number of hydrogen-bond donors (Lipinski definition) is 2. The Morgan fingerprint density at radius 1 is 1.54 bits per heavy atom. The van der Waals surface area contributed by atoms with Crippen LogP contribution in [0, 0.1) is 18.3 Å². The Bertz CT molecular complexity index is 230. The van der Waals surface area contributed by atoms with Gasteiger partial charge in [-0.15, -0.1) is 6.42 Å². The zero-order valence-corrected chi connectivity index (χ0v) is 7.54. The Kier molecular flexibility index (Phi) is 5.37. The Balaban J connectivity index is 3.66. The van der Waals surface area contributed by atoms with Crippen LogP contribution in [-0.4, -0.2) is 23.5 Å². The first-order chi connectivity index (χ1) is 6.06. The predicted octanol–water partition coefficient (Wildman–Crippen LogP) is 0.237. The van der Waals surface area contributed by atoms with Crippen LogP contribution in [-0.2, 0) is 9.59 Å². The second-order valence-electron chi connectivity index (χ2n) is 2.89. The number of hydrogen-bond acceptors (Lipinski definition) is 2.